The molecule has 2 aromatic heterocycles. The number of imidazole rings is 1. The lowest BCUT2D eigenvalue weighted by atomic mass is 9.79. The van der Waals surface area contributed by atoms with E-state index < -0.39 is 0 Å². The molecule has 1 aromatic carbocycles. The molecule has 6 nitrogen and oxygen atoms in total. The first kappa shape index (κ1) is 18.4. The molecule has 0 saturated heterocycles. The van der Waals surface area contributed by atoms with E-state index in [1.54, 1.807) is 12.7 Å². The Labute approximate surface area is 152 Å². The molecule has 1 aliphatic carbocycles. The fraction of sp³-hybridized carbons (Fsp3) is 0.312. The predicted octanol–water partition coefficient (Wildman–Crippen LogP) is 3.01. The van der Waals surface area contributed by atoms with Crippen LogP contribution in [0.2, 0.25) is 0 Å². The monoisotopic (exact) mass is 366 g/mol. The molecule has 0 atom stereocenters. The number of benzene rings is 1. The van der Waals surface area contributed by atoms with Gasteiger partial charge in [-0.05, 0) is 30.5 Å². The van der Waals surface area contributed by atoms with Crippen LogP contribution in [0, 0.1) is 0 Å². The minimum absolute atomic E-state index is 0. The zero-order valence-corrected chi connectivity index (χ0v) is 14.6. The lowest BCUT2D eigenvalue weighted by Gasteiger charge is -2.31. The van der Waals surface area contributed by atoms with Gasteiger partial charge in [0, 0.05) is 30.3 Å². The third-order valence-electron chi connectivity index (χ3n) is 4.24. The van der Waals surface area contributed by atoms with Crippen LogP contribution in [0.4, 0.5) is 5.82 Å². The zero-order valence-electron chi connectivity index (χ0n) is 13.0. The van der Waals surface area contributed by atoms with Crippen molar-refractivity contribution in [3.63, 3.8) is 0 Å². The predicted molar refractivity (Wildman–Crippen MR) is 99.9 cm³/mol. The van der Waals surface area contributed by atoms with Crippen LogP contribution in [0.15, 0.2) is 36.9 Å². The van der Waals surface area contributed by atoms with Gasteiger partial charge in [0.1, 0.15) is 12.1 Å². The summed E-state index contributed by atoms with van der Waals surface area (Å²) < 4.78 is 0. The number of fused-ring (bicyclic) bond motifs is 1. The van der Waals surface area contributed by atoms with Crippen molar-refractivity contribution in [2.75, 3.05) is 5.32 Å². The van der Waals surface area contributed by atoms with E-state index in [2.05, 4.69) is 37.4 Å². The summed E-state index contributed by atoms with van der Waals surface area (Å²) >= 11 is 0. The molecule has 128 valence electrons. The normalized spacial score (nSPS) is 19.0. The highest BCUT2D eigenvalue weighted by atomic mass is 35.5. The van der Waals surface area contributed by atoms with Gasteiger partial charge >= 0.3 is 0 Å². The second-order valence-electron chi connectivity index (χ2n) is 5.86. The van der Waals surface area contributed by atoms with Crippen LogP contribution in [0.5, 0.6) is 0 Å². The average Bonchev–Trinajstić information content (AvgIpc) is 2.98. The number of halogens is 2. The first-order valence-corrected chi connectivity index (χ1v) is 7.51. The number of nitrogens with two attached hydrogens (primary N) is 1. The number of H-pyrrole nitrogens is 1. The van der Waals surface area contributed by atoms with Gasteiger partial charge in [-0.25, -0.2) is 15.0 Å². The third-order valence-corrected chi connectivity index (χ3v) is 4.24. The van der Waals surface area contributed by atoms with Gasteiger partial charge in [-0.15, -0.1) is 24.8 Å². The van der Waals surface area contributed by atoms with E-state index in [0.717, 1.165) is 41.9 Å². The molecule has 1 aliphatic rings. The van der Waals surface area contributed by atoms with Crippen molar-refractivity contribution >= 4 is 41.7 Å². The van der Waals surface area contributed by atoms with Crippen molar-refractivity contribution in [1.82, 2.24) is 19.9 Å². The van der Waals surface area contributed by atoms with Crippen molar-refractivity contribution in [2.24, 2.45) is 5.73 Å². The van der Waals surface area contributed by atoms with Gasteiger partial charge in [0.2, 0.25) is 0 Å². The highest BCUT2D eigenvalue weighted by Gasteiger charge is 2.28. The summed E-state index contributed by atoms with van der Waals surface area (Å²) in [7, 11) is 0. The lowest BCUT2D eigenvalue weighted by Crippen LogP contribution is -2.35. The van der Waals surface area contributed by atoms with Crippen molar-refractivity contribution in [3.8, 4) is 0 Å². The van der Waals surface area contributed by atoms with Gasteiger partial charge in [-0.1, -0.05) is 6.07 Å². The Morgan fingerprint density at radius 1 is 1.12 bits per heavy atom. The fourth-order valence-electron chi connectivity index (χ4n) is 2.88. The summed E-state index contributed by atoms with van der Waals surface area (Å²) in [6.45, 7) is 0.718. The number of aromatic nitrogens is 4. The van der Waals surface area contributed by atoms with Crippen molar-refractivity contribution in [1.29, 1.82) is 0 Å². The highest BCUT2D eigenvalue weighted by molar-refractivity contribution is 5.85. The summed E-state index contributed by atoms with van der Waals surface area (Å²) in [5, 5.41) is 3.36. The summed E-state index contributed by atoms with van der Waals surface area (Å²) in [6, 6.07) is 8.55. The van der Waals surface area contributed by atoms with Crippen LogP contribution < -0.4 is 11.1 Å². The molecular weight excluding hydrogens is 347 g/mol. The second-order valence-corrected chi connectivity index (χ2v) is 5.86. The molecule has 1 fully saturated rings. The number of nitrogens with one attached hydrogen (secondary N) is 2. The Morgan fingerprint density at radius 3 is 2.75 bits per heavy atom. The number of rotatable bonds is 4. The van der Waals surface area contributed by atoms with Crippen molar-refractivity contribution < 1.29 is 0 Å². The van der Waals surface area contributed by atoms with Crippen LogP contribution in [0.25, 0.3) is 11.0 Å². The van der Waals surface area contributed by atoms with Crippen molar-refractivity contribution in [2.45, 2.75) is 31.3 Å². The molecule has 0 spiro atoms. The molecule has 0 bridgehead atoms. The number of aromatic amines is 1. The zero-order chi connectivity index (χ0) is 14.9. The summed E-state index contributed by atoms with van der Waals surface area (Å²) in [5.74, 6) is 1.34. The Bertz CT molecular complexity index is 800. The minimum Gasteiger partial charge on any atom is -0.366 e. The Morgan fingerprint density at radius 2 is 1.96 bits per heavy atom. The Balaban J connectivity index is 0.00000104. The quantitative estimate of drug-likeness (QED) is 0.659. The molecule has 24 heavy (non-hydrogen) atoms. The molecule has 0 aliphatic heterocycles. The van der Waals surface area contributed by atoms with Gasteiger partial charge in [0.15, 0.2) is 0 Å². The largest absolute Gasteiger partial charge is 0.366 e. The molecule has 3 aromatic rings. The average molecular weight is 367 g/mol. The van der Waals surface area contributed by atoms with E-state index >= 15 is 0 Å². The third kappa shape index (κ3) is 3.77. The van der Waals surface area contributed by atoms with E-state index in [4.69, 9.17) is 5.73 Å². The van der Waals surface area contributed by atoms with Gasteiger partial charge in [0.05, 0.1) is 17.4 Å². The first-order valence-electron chi connectivity index (χ1n) is 7.51. The molecule has 2 heterocycles. The molecule has 4 rings (SSSR count). The van der Waals surface area contributed by atoms with Gasteiger partial charge < -0.3 is 16.0 Å². The number of anilines is 1. The Hall–Kier alpha value is -1.89. The van der Waals surface area contributed by atoms with Gasteiger partial charge in [-0.2, -0.15) is 0 Å². The number of hydrogen-bond acceptors (Lipinski definition) is 5. The van der Waals surface area contributed by atoms with E-state index in [9.17, 15) is 0 Å². The van der Waals surface area contributed by atoms with Crippen LogP contribution in [-0.2, 0) is 6.54 Å². The second kappa shape index (κ2) is 7.79. The molecule has 0 radical (unpaired) electrons. The molecular formula is C16H20Cl2N6. The molecule has 0 amide bonds. The first-order chi connectivity index (χ1) is 10.8. The SMILES string of the molecule is Cl.Cl.NC1CC(c2cc(NCc3ccc4nc[nH]c4c3)ncn2)C1. The number of hydrogen-bond donors (Lipinski definition) is 3. The maximum atomic E-state index is 5.85. The molecule has 1 saturated carbocycles. The highest BCUT2D eigenvalue weighted by Crippen LogP contribution is 2.34. The smallest absolute Gasteiger partial charge is 0.129 e. The molecule has 4 N–H and O–H groups in total. The van der Waals surface area contributed by atoms with Crippen molar-refractivity contribution in [3.05, 3.63) is 48.2 Å². The lowest BCUT2D eigenvalue weighted by molar-refractivity contribution is 0.345. The maximum Gasteiger partial charge on any atom is 0.129 e. The van der Waals surface area contributed by atoms with Gasteiger partial charge in [0.25, 0.3) is 0 Å². The maximum absolute atomic E-state index is 5.85. The van der Waals surface area contributed by atoms with E-state index in [1.165, 1.54) is 5.56 Å². The summed E-state index contributed by atoms with van der Waals surface area (Å²) in [4.78, 5) is 16.0. The van der Waals surface area contributed by atoms with Crippen LogP contribution >= 0.6 is 24.8 Å². The minimum atomic E-state index is 0. The van der Waals surface area contributed by atoms with Crippen LogP contribution in [0.1, 0.15) is 30.0 Å². The van der Waals surface area contributed by atoms with Gasteiger partial charge in [-0.3, -0.25) is 0 Å². The number of nitrogens with zero attached hydrogens (tertiary/aromatic N) is 3. The molecule has 8 heteroatoms. The summed E-state index contributed by atoms with van der Waals surface area (Å²) in [5.41, 5.74) is 10.1. The molecule has 0 unspecified atom stereocenters. The standard InChI is InChI=1S/C16H18N6.2ClH/c17-12-4-11(5-12)14-6-16(22-9-20-14)18-7-10-1-2-13-15(3-10)21-8-19-13;;/h1-3,6,8-9,11-12H,4-5,7,17H2,(H,19,21)(H,18,20,22);2*1H. The topological polar surface area (TPSA) is 92.5 Å². The van der Waals surface area contributed by atoms with Crippen LogP contribution in [-0.4, -0.2) is 26.0 Å². The Kier molecular flexibility index (Phi) is 5.99. The summed E-state index contributed by atoms with van der Waals surface area (Å²) in [6.07, 6.45) is 5.38. The van der Waals surface area contributed by atoms with Crippen LogP contribution in [0.3, 0.4) is 0 Å². The fourth-order valence-corrected chi connectivity index (χ4v) is 2.88. The van der Waals surface area contributed by atoms with E-state index in [1.807, 2.05) is 12.1 Å². The van der Waals surface area contributed by atoms with E-state index in [-0.39, 0.29) is 24.8 Å². The van der Waals surface area contributed by atoms with E-state index in [0.29, 0.717) is 12.0 Å².